The lowest BCUT2D eigenvalue weighted by Gasteiger charge is -2.10. The summed E-state index contributed by atoms with van der Waals surface area (Å²) in [6.45, 7) is -0.233. The number of carbonyl (C=O) groups excluding carboxylic acids is 2. The predicted molar refractivity (Wildman–Crippen MR) is 59.0 cm³/mol. The van der Waals surface area contributed by atoms with Crippen molar-refractivity contribution in [3.05, 3.63) is 23.8 Å². The average molecular weight is 239 g/mol. The van der Waals surface area contributed by atoms with Crippen molar-refractivity contribution in [2.75, 3.05) is 20.8 Å². The van der Waals surface area contributed by atoms with Gasteiger partial charge in [-0.15, -0.1) is 0 Å². The fraction of sp³-hybridized carbons (Fsp3) is 0.273. The number of rotatable bonds is 5. The van der Waals surface area contributed by atoms with Crippen LogP contribution in [-0.4, -0.2) is 32.7 Å². The fourth-order valence-electron chi connectivity index (χ4n) is 1.14. The summed E-state index contributed by atoms with van der Waals surface area (Å²) in [5.41, 5.74) is 5.42. The third-order valence-corrected chi connectivity index (χ3v) is 2.02. The molecule has 0 unspecified atom stereocenters. The number of hydrogen-bond acceptors (Lipinski definition) is 5. The summed E-state index contributed by atoms with van der Waals surface area (Å²) in [5, 5.41) is 0. The number of methoxy groups -OCH3 is 2. The zero-order valence-corrected chi connectivity index (χ0v) is 9.56. The zero-order valence-electron chi connectivity index (χ0n) is 9.56. The van der Waals surface area contributed by atoms with Crippen LogP contribution in [-0.2, 0) is 9.53 Å². The molecule has 0 spiro atoms. The van der Waals surface area contributed by atoms with E-state index in [4.69, 9.17) is 15.2 Å². The number of primary amides is 1. The van der Waals surface area contributed by atoms with Crippen molar-refractivity contribution in [1.29, 1.82) is 0 Å². The van der Waals surface area contributed by atoms with Gasteiger partial charge in [-0.25, -0.2) is 4.79 Å². The molecule has 0 saturated heterocycles. The highest BCUT2D eigenvalue weighted by atomic mass is 16.6. The van der Waals surface area contributed by atoms with E-state index in [0.29, 0.717) is 17.1 Å². The molecule has 0 heterocycles. The zero-order chi connectivity index (χ0) is 12.8. The molecule has 6 nitrogen and oxygen atoms in total. The average Bonchev–Trinajstić information content (AvgIpc) is 2.35. The van der Waals surface area contributed by atoms with Crippen molar-refractivity contribution in [2.45, 2.75) is 0 Å². The van der Waals surface area contributed by atoms with Gasteiger partial charge in [0.05, 0.1) is 14.2 Å². The summed E-state index contributed by atoms with van der Waals surface area (Å²) in [7, 11) is 2.68. The number of nitrogens with two attached hydrogens (primary N) is 1. The Labute approximate surface area is 98.3 Å². The molecule has 0 aliphatic rings. The molecule has 0 saturated carbocycles. The molecule has 0 aliphatic carbocycles. The predicted octanol–water partition coefficient (Wildman–Crippen LogP) is 0.346. The molecule has 92 valence electrons. The van der Waals surface area contributed by atoms with Gasteiger partial charge in [0.15, 0.2) is 18.1 Å². The Kier molecular flexibility index (Phi) is 4.33. The first-order valence-electron chi connectivity index (χ1n) is 4.76. The Morgan fingerprint density at radius 1 is 1.24 bits per heavy atom. The molecule has 0 aliphatic heterocycles. The molecule has 0 bridgehead atoms. The molecule has 0 atom stereocenters. The van der Waals surface area contributed by atoms with Gasteiger partial charge in [0.2, 0.25) is 5.91 Å². The smallest absolute Gasteiger partial charge is 0.343 e. The van der Waals surface area contributed by atoms with Crippen LogP contribution >= 0.6 is 0 Å². The van der Waals surface area contributed by atoms with Crippen molar-refractivity contribution in [3.8, 4) is 11.5 Å². The van der Waals surface area contributed by atoms with Crippen molar-refractivity contribution in [3.63, 3.8) is 0 Å². The minimum atomic E-state index is -0.567. The van der Waals surface area contributed by atoms with Gasteiger partial charge in [0.25, 0.3) is 0 Å². The van der Waals surface area contributed by atoms with Gasteiger partial charge in [-0.2, -0.15) is 0 Å². The summed E-state index contributed by atoms with van der Waals surface area (Å²) in [6.07, 6.45) is 0. The van der Waals surface area contributed by atoms with Gasteiger partial charge in [-0.05, 0) is 18.2 Å². The van der Waals surface area contributed by atoms with Gasteiger partial charge < -0.3 is 19.9 Å². The first-order valence-corrected chi connectivity index (χ1v) is 4.76. The van der Waals surface area contributed by atoms with Gasteiger partial charge >= 0.3 is 5.97 Å². The topological polar surface area (TPSA) is 87.9 Å². The van der Waals surface area contributed by atoms with Crippen LogP contribution in [0.1, 0.15) is 10.4 Å². The fourth-order valence-corrected chi connectivity index (χ4v) is 1.14. The quantitative estimate of drug-likeness (QED) is 0.749. The molecule has 1 aromatic carbocycles. The number of ether oxygens (including phenoxy) is 3. The summed E-state index contributed by atoms with van der Waals surface area (Å²) >= 11 is 0. The number of esters is 1. The number of amides is 1. The highest BCUT2D eigenvalue weighted by molar-refractivity contribution is 5.93. The molecule has 1 rings (SSSR count). The second kappa shape index (κ2) is 5.74. The van der Waals surface area contributed by atoms with Crippen LogP contribution in [0.5, 0.6) is 11.5 Å². The maximum atomic E-state index is 10.9. The Morgan fingerprint density at radius 3 is 2.47 bits per heavy atom. The number of benzene rings is 1. The number of carbonyl (C=O) groups is 2. The molecule has 0 radical (unpaired) electrons. The molecule has 17 heavy (non-hydrogen) atoms. The Hall–Kier alpha value is -2.24. The highest BCUT2D eigenvalue weighted by Crippen LogP contribution is 2.27. The second-order valence-electron chi connectivity index (χ2n) is 3.09. The normalized spacial score (nSPS) is 9.53. The largest absolute Gasteiger partial charge is 0.493 e. The van der Waals surface area contributed by atoms with Crippen molar-refractivity contribution in [2.24, 2.45) is 5.73 Å². The summed E-state index contributed by atoms with van der Waals surface area (Å²) in [4.78, 5) is 21.8. The van der Waals surface area contributed by atoms with E-state index in [-0.39, 0.29) is 6.61 Å². The summed E-state index contributed by atoms with van der Waals surface area (Å²) < 4.78 is 14.6. The Balaban J connectivity index is 2.85. The SMILES string of the molecule is COC(=O)COc1ccc(C(N)=O)cc1OC. The van der Waals surface area contributed by atoms with E-state index in [1.54, 1.807) is 0 Å². The van der Waals surface area contributed by atoms with Crippen LogP contribution in [0.2, 0.25) is 0 Å². The highest BCUT2D eigenvalue weighted by Gasteiger charge is 2.10. The lowest BCUT2D eigenvalue weighted by Crippen LogP contribution is -2.14. The van der Waals surface area contributed by atoms with E-state index < -0.39 is 11.9 Å². The second-order valence-corrected chi connectivity index (χ2v) is 3.09. The maximum Gasteiger partial charge on any atom is 0.343 e. The van der Waals surface area contributed by atoms with E-state index in [0.717, 1.165) is 0 Å². The Morgan fingerprint density at radius 2 is 1.94 bits per heavy atom. The van der Waals surface area contributed by atoms with Crippen molar-refractivity contribution >= 4 is 11.9 Å². The maximum absolute atomic E-state index is 10.9. The lowest BCUT2D eigenvalue weighted by atomic mass is 10.2. The van der Waals surface area contributed by atoms with Crippen molar-refractivity contribution in [1.82, 2.24) is 0 Å². The standard InChI is InChI=1S/C11H13NO5/c1-15-9-5-7(11(12)14)3-4-8(9)17-6-10(13)16-2/h3-5H,6H2,1-2H3,(H2,12,14). The van der Waals surface area contributed by atoms with E-state index >= 15 is 0 Å². The molecule has 2 N–H and O–H groups in total. The summed E-state index contributed by atoms with van der Waals surface area (Å²) in [5.74, 6) is -0.415. The molecule has 0 fully saturated rings. The van der Waals surface area contributed by atoms with Crippen LogP contribution in [0.25, 0.3) is 0 Å². The first kappa shape index (κ1) is 12.8. The van der Waals surface area contributed by atoms with Crippen LogP contribution < -0.4 is 15.2 Å². The van der Waals surface area contributed by atoms with Gasteiger partial charge in [-0.1, -0.05) is 0 Å². The molecule has 1 amide bonds. The minimum Gasteiger partial charge on any atom is -0.493 e. The minimum absolute atomic E-state index is 0.233. The molecular weight excluding hydrogens is 226 g/mol. The van der Waals surface area contributed by atoms with E-state index in [1.165, 1.54) is 32.4 Å². The molecule has 0 aromatic heterocycles. The van der Waals surface area contributed by atoms with Crippen LogP contribution in [0.15, 0.2) is 18.2 Å². The number of hydrogen-bond donors (Lipinski definition) is 1. The lowest BCUT2D eigenvalue weighted by molar-refractivity contribution is -0.142. The van der Waals surface area contributed by atoms with E-state index in [1.807, 2.05) is 0 Å². The van der Waals surface area contributed by atoms with Gasteiger partial charge in [0.1, 0.15) is 0 Å². The summed E-state index contributed by atoms with van der Waals surface area (Å²) in [6, 6.07) is 4.42. The van der Waals surface area contributed by atoms with E-state index in [9.17, 15) is 9.59 Å². The van der Waals surface area contributed by atoms with Crippen LogP contribution in [0, 0.1) is 0 Å². The van der Waals surface area contributed by atoms with Crippen LogP contribution in [0.4, 0.5) is 0 Å². The van der Waals surface area contributed by atoms with Gasteiger partial charge in [0, 0.05) is 5.56 Å². The Bertz CT molecular complexity index is 430. The van der Waals surface area contributed by atoms with Crippen molar-refractivity contribution < 1.29 is 23.8 Å². The van der Waals surface area contributed by atoms with Gasteiger partial charge in [-0.3, -0.25) is 4.79 Å². The third-order valence-electron chi connectivity index (χ3n) is 2.02. The first-order chi connectivity index (χ1) is 8.08. The molecule has 1 aromatic rings. The third kappa shape index (κ3) is 3.37. The monoisotopic (exact) mass is 239 g/mol. The van der Waals surface area contributed by atoms with E-state index in [2.05, 4.69) is 4.74 Å². The molecular formula is C11H13NO5. The molecule has 6 heteroatoms. The van der Waals surface area contributed by atoms with Crippen LogP contribution in [0.3, 0.4) is 0 Å².